The van der Waals surface area contributed by atoms with Gasteiger partial charge in [0.1, 0.15) is 4.90 Å². The summed E-state index contributed by atoms with van der Waals surface area (Å²) < 4.78 is 27.9. The van der Waals surface area contributed by atoms with Crippen molar-refractivity contribution in [2.45, 2.75) is 11.8 Å². The third-order valence-electron chi connectivity index (χ3n) is 5.12. The second-order valence-corrected chi connectivity index (χ2v) is 9.91. The number of rotatable bonds is 3. The molecule has 2 heterocycles. The van der Waals surface area contributed by atoms with E-state index in [-0.39, 0.29) is 42.0 Å². The minimum absolute atomic E-state index is 0.181. The Bertz CT molecular complexity index is 1240. The van der Waals surface area contributed by atoms with Crippen LogP contribution in [0.1, 0.15) is 15.9 Å². The van der Waals surface area contributed by atoms with Crippen LogP contribution in [0.25, 0.3) is 10.9 Å². The fourth-order valence-electron chi connectivity index (χ4n) is 3.55. The van der Waals surface area contributed by atoms with E-state index in [1.54, 1.807) is 35.4 Å². The SMILES string of the molecule is Cc1cnc2c(S(=O)(=O)N3CCN(C(=O)c4ccc(Cl)cc4Cl)CC3)cccc2c1. The van der Waals surface area contributed by atoms with E-state index >= 15 is 0 Å². The van der Waals surface area contributed by atoms with Crippen molar-refractivity contribution in [1.29, 1.82) is 0 Å². The Balaban J connectivity index is 1.54. The second-order valence-electron chi connectivity index (χ2n) is 7.16. The van der Waals surface area contributed by atoms with Crippen LogP contribution in [0.15, 0.2) is 53.6 Å². The maximum Gasteiger partial charge on any atom is 0.255 e. The van der Waals surface area contributed by atoms with Crippen LogP contribution in [0.3, 0.4) is 0 Å². The van der Waals surface area contributed by atoms with Crippen molar-refractivity contribution in [2.24, 2.45) is 0 Å². The Morgan fingerprint density at radius 1 is 1.03 bits per heavy atom. The molecule has 0 unspecified atom stereocenters. The number of para-hydroxylation sites is 1. The summed E-state index contributed by atoms with van der Waals surface area (Å²) in [6.45, 7) is 2.85. The molecular weight excluding hydrogens is 445 g/mol. The Morgan fingerprint density at radius 3 is 2.47 bits per heavy atom. The molecule has 1 saturated heterocycles. The number of carbonyl (C=O) groups is 1. The average Bonchev–Trinajstić information content (AvgIpc) is 2.72. The maximum absolute atomic E-state index is 13.3. The standard InChI is InChI=1S/C21H19Cl2N3O3S/c1-14-11-15-3-2-4-19(20(15)24-13-14)30(28,29)26-9-7-25(8-10-26)21(27)17-6-5-16(22)12-18(17)23/h2-6,11-13H,7-10H2,1H3. The number of piperazine rings is 1. The predicted octanol–water partition coefficient (Wildman–Crippen LogP) is 4.00. The Morgan fingerprint density at radius 2 is 1.77 bits per heavy atom. The summed E-state index contributed by atoms with van der Waals surface area (Å²) in [7, 11) is -3.74. The lowest BCUT2D eigenvalue weighted by atomic mass is 10.2. The lowest BCUT2D eigenvalue weighted by molar-refractivity contribution is 0.0698. The highest BCUT2D eigenvalue weighted by molar-refractivity contribution is 7.89. The van der Waals surface area contributed by atoms with Gasteiger partial charge in [-0.05, 0) is 42.8 Å². The van der Waals surface area contributed by atoms with Gasteiger partial charge in [-0.25, -0.2) is 8.42 Å². The molecule has 0 radical (unpaired) electrons. The predicted molar refractivity (Wildman–Crippen MR) is 118 cm³/mol. The molecule has 4 rings (SSSR count). The van der Waals surface area contributed by atoms with Crippen LogP contribution in [-0.4, -0.2) is 54.7 Å². The number of benzene rings is 2. The lowest BCUT2D eigenvalue weighted by Gasteiger charge is -2.34. The third-order valence-corrected chi connectivity index (χ3v) is 7.59. The molecule has 156 valence electrons. The van der Waals surface area contributed by atoms with Crippen LogP contribution >= 0.6 is 23.2 Å². The molecule has 0 N–H and O–H groups in total. The maximum atomic E-state index is 13.3. The molecule has 0 aliphatic carbocycles. The highest BCUT2D eigenvalue weighted by Gasteiger charge is 2.32. The Hall–Kier alpha value is -2.19. The van der Waals surface area contributed by atoms with Crippen LogP contribution < -0.4 is 0 Å². The lowest BCUT2D eigenvalue weighted by Crippen LogP contribution is -2.50. The zero-order valence-corrected chi connectivity index (χ0v) is 18.5. The smallest absolute Gasteiger partial charge is 0.255 e. The zero-order chi connectivity index (χ0) is 21.5. The minimum Gasteiger partial charge on any atom is -0.336 e. The van der Waals surface area contributed by atoms with Gasteiger partial charge in [-0.1, -0.05) is 35.3 Å². The van der Waals surface area contributed by atoms with E-state index in [1.807, 2.05) is 19.1 Å². The molecule has 1 amide bonds. The fraction of sp³-hybridized carbons (Fsp3) is 0.238. The van der Waals surface area contributed by atoms with Gasteiger partial charge in [0.25, 0.3) is 5.91 Å². The van der Waals surface area contributed by atoms with Gasteiger partial charge in [0, 0.05) is 42.8 Å². The summed E-state index contributed by atoms with van der Waals surface area (Å²) in [5.74, 6) is -0.240. The van der Waals surface area contributed by atoms with Crippen molar-refractivity contribution < 1.29 is 13.2 Å². The van der Waals surface area contributed by atoms with Crippen molar-refractivity contribution in [3.63, 3.8) is 0 Å². The first-order valence-electron chi connectivity index (χ1n) is 9.37. The summed E-state index contributed by atoms with van der Waals surface area (Å²) in [6.07, 6.45) is 1.66. The van der Waals surface area contributed by atoms with Crippen LogP contribution in [0.5, 0.6) is 0 Å². The number of hydrogen-bond donors (Lipinski definition) is 0. The highest BCUT2D eigenvalue weighted by Crippen LogP contribution is 2.27. The quantitative estimate of drug-likeness (QED) is 0.588. The summed E-state index contributed by atoms with van der Waals surface area (Å²) in [5.41, 5.74) is 1.77. The molecule has 0 atom stereocenters. The first-order chi connectivity index (χ1) is 14.3. The molecule has 1 aliphatic heterocycles. The molecule has 3 aromatic rings. The van der Waals surface area contributed by atoms with E-state index in [0.717, 1.165) is 10.9 Å². The molecule has 1 aromatic heterocycles. The largest absolute Gasteiger partial charge is 0.336 e. The normalized spacial score (nSPS) is 15.5. The van der Waals surface area contributed by atoms with Crippen LogP contribution in [0.4, 0.5) is 0 Å². The van der Waals surface area contributed by atoms with Gasteiger partial charge in [-0.3, -0.25) is 9.78 Å². The monoisotopic (exact) mass is 463 g/mol. The molecule has 9 heteroatoms. The van der Waals surface area contributed by atoms with Crippen LogP contribution in [0.2, 0.25) is 10.0 Å². The third kappa shape index (κ3) is 3.90. The van der Waals surface area contributed by atoms with E-state index in [4.69, 9.17) is 23.2 Å². The summed E-state index contributed by atoms with van der Waals surface area (Å²) in [4.78, 5) is 18.9. The number of halogens is 2. The van der Waals surface area contributed by atoms with Gasteiger partial charge < -0.3 is 4.90 Å². The first kappa shape index (κ1) is 21.1. The number of pyridine rings is 1. The van der Waals surface area contributed by atoms with E-state index < -0.39 is 10.0 Å². The number of fused-ring (bicyclic) bond motifs is 1. The van der Waals surface area contributed by atoms with Gasteiger partial charge in [-0.15, -0.1) is 0 Å². The van der Waals surface area contributed by atoms with Gasteiger partial charge in [0.2, 0.25) is 10.0 Å². The summed E-state index contributed by atoms with van der Waals surface area (Å²) in [5, 5.41) is 1.51. The molecule has 6 nitrogen and oxygen atoms in total. The van der Waals surface area contributed by atoms with Crippen LogP contribution in [-0.2, 0) is 10.0 Å². The Labute approximate surface area is 185 Å². The average molecular weight is 464 g/mol. The zero-order valence-electron chi connectivity index (χ0n) is 16.2. The highest BCUT2D eigenvalue weighted by atomic mass is 35.5. The van der Waals surface area contributed by atoms with Crippen molar-refractivity contribution >= 4 is 50.0 Å². The van der Waals surface area contributed by atoms with Crippen molar-refractivity contribution in [1.82, 2.24) is 14.2 Å². The first-order valence-corrected chi connectivity index (χ1v) is 11.6. The molecule has 1 fully saturated rings. The minimum atomic E-state index is -3.74. The molecule has 0 bridgehead atoms. The molecule has 0 saturated carbocycles. The molecule has 0 spiro atoms. The molecule has 1 aliphatic rings. The number of aromatic nitrogens is 1. The number of aryl methyl sites for hydroxylation is 1. The summed E-state index contributed by atoms with van der Waals surface area (Å²) >= 11 is 12.0. The van der Waals surface area contributed by atoms with Gasteiger partial charge in [0.15, 0.2) is 0 Å². The fourth-order valence-corrected chi connectivity index (χ4v) is 5.63. The van der Waals surface area contributed by atoms with E-state index in [9.17, 15) is 13.2 Å². The molecule has 2 aromatic carbocycles. The van der Waals surface area contributed by atoms with Gasteiger partial charge in [-0.2, -0.15) is 4.31 Å². The number of hydrogen-bond acceptors (Lipinski definition) is 4. The van der Waals surface area contributed by atoms with Crippen molar-refractivity contribution in [3.05, 3.63) is 69.8 Å². The molecular formula is C21H19Cl2N3O3S. The van der Waals surface area contributed by atoms with Crippen molar-refractivity contribution in [2.75, 3.05) is 26.2 Å². The van der Waals surface area contributed by atoms with Crippen LogP contribution in [0, 0.1) is 6.92 Å². The Kier molecular flexibility index (Phi) is 5.72. The van der Waals surface area contributed by atoms with Gasteiger partial charge in [0.05, 0.1) is 16.1 Å². The second kappa shape index (κ2) is 8.15. The number of nitrogens with zero attached hydrogens (tertiary/aromatic N) is 3. The van der Waals surface area contributed by atoms with E-state index in [0.29, 0.717) is 16.1 Å². The topological polar surface area (TPSA) is 70.6 Å². The van der Waals surface area contributed by atoms with Crippen molar-refractivity contribution in [3.8, 4) is 0 Å². The van der Waals surface area contributed by atoms with Gasteiger partial charge >= 0.3 is 0 Å². The molecule has 30 heavy (non-hydrogen) atoms. The van der Waals surface area contributed by atoms with E-state index in [1.165, 1.54) is 10.4 Å². The number of amides is 1. The number of sulfonamides is 1. The summed E-state index contributed by atoms with van der Waals surface area (Å²) in [6, 6.07) is 11.8. The number of carbonyl (C=O) groups excluding carboxylic acids is 1. The van der Waals surface area contributed by atoms with E-state index in [2.05, 4.69) is 4.98 Å².